The van der Waals surface area contributed by atoms with Gasteiger partial charge >= 0.3 is 0 Å². The molecule has 0 amide bonds. The van der Waals surface area contributed by atoms with Gasteiger partial charge in [0, 0.05) is 18.4 Å². The van der Waals surface area contributed by atoms with Crippen molar-refractivity contribution in [3.05, 3.63) is 18.2 Å². The lowest BCUT2D eigenvalue weighted by atomic mass is 9.98. The number of nitrogens with zero attached hydrogens (tertiary/aromatic N) is 2. The quantitative estimate of drug-likeness (QED) is 0.739. The van der Waals surface area contributed by atoms with Gasteiger partial charge in [-0.3, -0.25) is 0 Å². The molecule has 72 valence electrons. The van der Waals surface area contributed by atoms with Gasteiger partial charge in [-0.2, -0.15) is 0 Å². The highest BCUT2D eigenvalue weighted by Gasteiger charge is 2.13. The van der Waals surface area contributed by atoms with Crippen molar-refractivity contribution in [1.82, 2.24) is 14.9 Å². The van der Waals surface area contributed by atoms with Gasteiger partial charge in [-0.25, -0.2) is 4.98 Å². The van der Waals surface area contributed by atoms with Crippen LogP contribution in [0.25, 0.3) is 0 Å². The third kappa shape index (κ3) is 2.10. The van der Waals surface area contributed by atoms with E-state index in [1.807, 2.05) is 12.5 Å². The van der Waals surface area contributed by atoms with Crippen LogP contribution in [0.2, 0.25) is 0 Å². The maximum absolute atomic E-state index is 4.13. The van der Waals surface area contributed by atoms with Crippen LogP contribution in [-0.2, 0) is 6.54 Å². The average Bonchev–Trinajstić information content (AvgIpc) is 2.54. The molecule has 1 aromatic rings. The Morgan fingerprint density at radius 3 is 2.92 bits per heavy atom. The molecule has 1 aliphatic heterocycles. The van der Waals surface area contributed by atoms with Gasteiger partial charge in [0.05, 0.1) is 6.33 Å². The van der Waals surface area contributed by atoms with Crippen LogP contribution in [0.3, 0.4) is 0 Å². The Hall–Kier alpha value is -0.830. The number of hydrogen-bond donors (Lipinski definition) is 1. The van der Waals surface area contributed by atoms with Crippen LogP contribution in [0.1, 0.15) is 18.5 Å². The van der Waals surface area contributed by atoms with E-state index in [0.29, 0.717) is 0 Å². The maximum atomic E-state index is 4.13. The number of rotatable bonds is 2. The SMILES string of the molecule is Cc1cncn1CC1CCNCC1. The van der Waals surface area contributed by atoms with Crippen LogP contribution in [0.4, 0.5) is 0 Å². The molecule has 1 aromatic heterocycles. The lowest BCUT2D eigenvalue weighted by molar-refractivity contribution is 0.331. The number of nitrogens with one attached hydrogen (secondary N) is 1. The fraction of sp³-hybridized carbons (Fsp3) is 0.700. The topological polar surface area (TPSA) is 29.9 Å². The monoisotopic (exact) mass is 179 g/mol. The summed E-state index contributed by atoms with van der Waals surface area (Å²) in [5.74, 6) is 0.842. The van der Waals surface area contributed by atoms with Crippen molar-refractivity contribution < 1.29 is 0 Å². The van der Waals surface area contributed by atoms with Crippen molar-refractivity contribution in [2.24, 2.45) is 5.92 Å². The third-order valence-electron chi connectivity index (χ3n) is 2.83. The molecule has 2 rings (SSSR count). The largest absolute Gasteiger partial charge is 0.335 e. The highest BCUT2D eigenvalue weighted by atomic mass is 15.0. The smallest absolute Gasteiger partial charge is 0.0948 e. The molecule has 0 aromatic carbocycles. The second kappa shape index (κ2) is 3.92. The minimum atomic E-state index is 0.842. The molecule has 1 aliphatic rings. The number of imidazole rings is 1. The molecule has 1 saturated heterocycles. The second-order valence-corrected chi connectivity index (χ2v) is 3.88. The molecule has 1 N–H and O–H groups in total. The van der Waals surface area contributed by atoms with Gasteiger partial charge in [0.1, 0.15) is 0 Å². The highest BCUT2D eigenvalue weighted by Crippen LogP contribution is 2.14. The van der Waals surface area contributed by atoms with Crippen LogP contribution in [-0.4, -0.2) is 22.6 Å². The molecule has 3 heteroatoms. The zero-order valence-corrected chi connectivity index (χ0v) is 8.16. The van der Waals surface area contributed by atoms with Crippen LogP contribution in [0, 0.1) is 12.8 Å². The first kappa shape index (κ1) is 8.75. The Bertz CT molecular complexity index is 261. The van der Waals surface area contributed by atoms with E-state index >= 15 is 0 Å². The molecular weight excluding hydrogens is 162 g/mol. The van der Waals surface area contributed by atoms with E-state index in [1.165, 1.54) is 31.6 Å². The van der Waals surface area contributed by atoms with Gasteiger partial charge in [0.2, 0.25) is 0 Å². The molecule has 3 nitrogen and oxygen atoms in total. The van der Waals surface area contributed by atoms with Crippen molar-refractivity contribution >= 4 is 0 Å². The fourth-order valence-corrected chi connectivity index (χ4v) is 1.92. The molecular formula is C10H17N3. The first-order valence-corrected chi connectivity index (χ1v) is 5.03. The van der Waals surface area contributed by atoms with Gasteiger partial charge in [-0.15, -0.1) is 0 Å². The first-order chi connectivity index (χ1) is 6.36. The van der Waals surface area contributed by atoms with E-state index < -0.39 is 0 Å². The highest BCUT2D eigenvalue weighted by molar-refractivity contribution is 4.94. The minimum absolute atomic E-state index is 0.842. The van der Waals surface area contributed by atoms with E-state index in [1.54, 1.807) is 0 Å². The summed E-state index contributed by atoms with van der Waals surface area (Å²) in [6.45, 7) is 5.62. The average molecular weight is 179 g/mol. The summed E-state index contributed by atoms with van der Waals surface area (Å²) < 4.78 is 2.26. The molecule has 13 heavy (non-hydrogen) atoms. The molecule has 0 atom stereocenters. The van der Waals surface area contributed by atoms with Crippen molar-refractivity contribution in [3.63, 3.8) is 0 Å². The Labute approximate surface area is 79.2 Å². The summed E-state index contributed by atoms with van der Waals surface area (Å²) in [6.07, 6.45) is 6.48. The second-order valence-electron chi connectivity index (χ2n) is 3.88. The predicted octanol–water partition coefficient (Wildman–Crippen LogP) is 1.19. The van der Waals surface area contributed by atoms with Crippen LogP contribution in [0.5, 0.6) is 0 Å². The Kier molecular flexibility index (Phi) is 2.64. The fourth-order valence-electron chi connectivity index (χ4n) is 1.92. The van der Waals surface area contributed by atoms with Crippen LogP contribution < -0.4 is 5.32 Å². The molecule has 0 aliphatic carbocycles. The first-order valence-electron chi connectivity index (χ1n) is 5.03. The number of piperidine rings is 1. The molecule has 0 radical (unpaired) electrons. The minimum Gasteiger partial charge on any atom is -0.335 e. The molecule has 0 spiro atoms. The number of hydrogen-bond acceptors (Lipinski definition) is 2. The summed E-state index contributed by atoms with van der Waals surface area (Å²) in [7, 11) is 0. The van der Waals surface area contributed by atoms with E-state index in [0.717, 1.165) is 12.5 Å². The Morgan fingerprint density at radius 1 is 1.54 bits per heavy atom. The molecule has 0 unspecified atom stereocenters. The zero-order valence-electron chi connectivity index (χ0n) is 8.16. The van der Waals surface area contributed by atoms with Crippen molar-refractivity contribution in [2.75, 3.05) is 13.1 Å². The number of aryl methyl sites for hydroxylation is 1. The summed E-state index contributed by atoms with van der Waals surface area (Å²) in [6, 6.07) is 0. The van der Waals surface area contributed by atoms with Gasteiger partial charge in [-0.05, 0) is 38.8 Å². The predicted molar refractivity (Wildman–Crippen MR) is 52.6 cm³/mol. The maximum Gasteiger partial charge on any atom is 0.0948 e. The van der Waals surface area contributed by atoms with E-state index in [2.05, 4.69) is 21.8 Å². The summed E-state index contributed by atoms with van der Waals surface area (Å²) in [5, 5.41) is 3.38. The molecule has 2 heterocycles. The molecule has 0 saturated carbocycles. The zero-order chi connectivity index (χ0) is 9.10. The van der Waals surface area contributed by atoms with Crippen molar-refractivity contribution in [2.45, 2.75) is 26.3 Å². The Balaban J connectivity index is 1.93. The van der Waals surface area contributed by atoms with Gasteiger partial charge in [0.25, 0.3) is 0 Å². The lowest BCUT2D eigenvalue weighted by Gasteiger charge is -2.23. The summed E-state index contributed by atoms with van der Waals surface area (Å²) >= 11 is 0. The van der Waals surface area contributed by atoms with Gasteiger partial charge in [0.15, 0.2) is 0 Å². The molecule has 0 bridgehead atoms. The van der Waals surface area contributed by atoms with Crippen LogP contribution >= 0.6 is 0 Å². The van der Waals surface area contributed by atoms with E-state index in [4.69, 9.17) is 0 Å². The van der Waals surface area contributed by atoms with Gasteiger partial charge in [-0.1, -0.05) is 0 Å². The lowest BCUT2D eigenvalue weighted by Crippen LogP contribution is -2.29. The van der Waals surface area contributed by atoms with E-state index in [-0.39, 0.29) is 0 Å². The van der Waals surface area contributed by atoms with Gasteiger partial charge < -0.3 is 9.88 Å². The normalized spacial score (nSPS) is 19.2. The van der Waals surface area contributed by atoms with Crippen LogP contribution in [0.15, 0.2) is 12.5 Å². The summed E-state index contributed by atoms with van der Waals surface area (Å²) in [5.41, 5.74) is 1.28. The summed E-state index contributed by atoms with van der Waals surface area (Å²) in [4.78, 5) is 4.13. The van der Waals surface area contributed by atoms with Crippen molar-refractivity contribution in [1.29, 1.82) is 0 Å². The Morgan fingerprint density at radius 2 is 2.31 bits per heavy atom. The third-order valence-corrected chi connectivity index (χ3v) is 2.83. The van der Waals surface area contributed by atoms with Crippen molar-refractivity contribution in [3.8, 4) is 0 Å². The number of aromatic nitrogens is 2. The standard InChI is InChI=1S/C10H17N3/c1-9-6-12-8-13(9)7-10-2-4-11-5-3-10/h6,8,10-11H,2-5,7H2,1H3. The molecule has 1 fully saturated rings. The van der Waals surface area contributed by atoms with E-state index in [9.17, 15) is 0 Å².